The van der Waals surface area contributed by atoms with E-state index in [2.05, 4.69) is 144 Å². The number of hydrogen-bond acceptors (Lipinski definition) is 5. The molecule has 5 nitrogen and oxygen atoms in total. The number of aliphatic hydroxyl groups excluding tert-OH is 1. The summed E-state index contributed by atoms with van der Waals surface area (Å²) >= 11 is 0. The Kier molecular flexibility index (Phi) is 22.2. The van der Waals surface area contributed by atoms with Crippen molar-refractivity contribution < 1.29 is 24.9 Å². The van der Waals surface area contributed by atoms with Crippen molar-refractivity contribution in [2.75, 3.05) is 13.7 Å². The second-order valence-corrected chi connectivity index (χ2v) is 43.3. The van der Waals surface area contributed by atoms with Crippen LogP contribution in [0.5, 0.6) is 0 Å². The van der Waals surface area contributed by atoms with Crippen molar-refractivity contribution in [1.82, 2.24) is 0 Å². The molecule has 576 valence electrons. The van der Waals surface area contributed by atoms with Gasteiger partial charge in [0.2, 0.25) is 0 Å². The van der Waals surface area contributed by atoms with E-state index in [1.807, 2.05) is 5.57 Å². The molecule has 24 rings (SSSR count). The van der Waals surface area contributed by atoms with E-state index in [4.69, 9.17) is 4.74 Å². The second kappa shape index (κ2) is 29.6. The van der Waals surface area contributed by atoms with Gasteiger partial charge in [0.1, 0.15) is 0 Å². The average molecular weight is 1410 g/mol. The summed E-state index contributed by atoms with van der Waals surface area (Å²) in [6.45, 7) is 36.3. The number of methoxy groups -OCH3 is 1. The molecule has 24 aliphatic carbocycles. The molecule has 0 spiro atoms. The lowest BCUT2D eigenvalue weighted by Crippen LogP contribution is -2.58. The fourth-order valence-electron chi connectivity index (χ4n) is 31.6. The summed E-state index contributed by atoms with van der Waals surface area (Å²) in [6.07, 6.45) is 74.5. The monoisotopic (exact) mass is 1410 g/mol. The van der Waals surface area contributed by atoms with Crippen LogP contribution in [0.1, 0.15) is 326 Å². The van der Waals surface area contributed by atoms with Crippen molar-refractivity contribution in [2.24, 2.45) is 168 Å². The van der Waals surface area contributed by atoms with Crippen LogP contribution < -0.4 is 0 Å². The van der Waals surface area contributed by atoms with Crippen LogP contribution >= 0.6 is 0 Å². The molecule has 0 radical (unpaired) electrons. The van der Waals surface area contributed by atoms with Gasteiger partial charge in [0.25, 0.3) is 0 Å². The molecule has 0 aliphatic heterocycles. The molecule has 0 amide bonds. The molecule has 3 N–H and O–H groups in total. The molecule has 22 saturated carbocycles. The van der Waals surface area contributed by atoms with Crippen molar-refractivity contribution >= 4 is 5.97 Å². The number of hydrogen-bond donors (Lipinski definition) is 3. The summed E-state index contributed by atoms with van der Waals surface area (Å²) in [5.41, 5.74) is 5.88. The molecule has 22 bridgehead atoms. The number of rotatable bonds is 11. The number of ether oxygens (including phenoxy) is 1. The number of allylic oxidation sites excluding steroid dienone is 11. The van der Waals surface area contributed by atoms with Gasteiger partial charge in [0.05, 0.1) is 23.7 Å². The Morgan fingerprint density at radius 2 is 1.05 bits per heavy atom. The van der Waals surface area contributed by atoms with Gasteiger partial charge in [-0.25, -0.2) is 0 Å². The minimum atomic E-state index is -0.294. The van der Waals surface area contributed by atoms with Gasteiger partial charge in [-0.3, -0.25) is 4.79 Å². The zero-order valence-corrected chi connectivity index (χ0v) is 68.1. The molecule has 0 aromatic carbocycles. The number of esters is 1. The smallest absolute Gasteiger partial charge is 0.311 e. The maximum absolute atomic E-state index is 12.3. The maximum Gasteiger partial charge on any atom is 0.311 e. The van der Waals surface area contributed by atoms with E-state index in [1.54, 1.807) is 44.8 Å². The highest BCUT2D eigenvalue weighted by Crippen LogP contribution is 2.71. The normalized spacial score (nSPS) is 52.5. The summed E-state index contributed by atoms with van der Waals surface area (Å²) in [6, 6.07) is 0. The van der Waals surface area contributed by atoms with Gasteiger partial charge in [-0.05, 0) is 406 Å². The van der Waals surface area contributed by atoms with E-state index in [-0.39, 0.29) is 22.6 Å². The van der Waals surface area contributed by atoms with E-state index in [0.29, 0.717) is 74.1 Å². The maximum atomic E-state index is 12.3. The highest BCUT2D eigenvalue weighted by atomic mass is 16.5. The van der Waals surface area contributed by atoms with E-state index in [0.717, 1.165) is 159 Å². The van der Waals surface area contributed by atoms with Crippen LogP contribution in [0.25, 0.3) is 0 Å². The van der Waals surface area contributed by atoms with Crippen LogP contribution in [-0.4, -0.2) is 46.2 Å². The molecular weight excluding hydrogens is 1260 g/mol. The molecule has 0 aromatic heterocycles. The highest BCUT2D eigenvalue weighted by molar-refractivity contribution is 5.77. The Morgan fingerprint density at radius 3 is 1.52 bits per heavy atom. The Bertz CT molecular complexity index is 3090. The summed E-state index contributed by atoms with van der Waals surface area (Å²) in [5, 5.41) is 30.4. The third kappa shape index (κ3) is 14.3. The predicted octanol–water partition coefficient (Wildman–Crippen LogP) is 25.0. The fourth-order valence-corrected chi connectivity index (χ4v) is 31.6. The number of carbonyl (C=O) groups excluding carboxylic acids is 1. The van der Waals surface area contributed by atoms with E-state index in [1.165, 1.54) is 161 Å². The van der Waals surface area contributed by atoms with E-state index in [9.17, 15) is 20.1 Å². The molecule has 0 aromatic rings. The fraction of sp³-hybridized carbons (Fsp3) is 0.847. The first kappa shape index (κ1) is 77.3. The first-order valence-corrected chi connectivity index (χ1v) is 44.8. The Hall–Kier alpha value is -2.47. The molecule has 22 fully saturated rings. The topological polar surface area (TPSA) is 87.0 Å². The number of aliphatic hydroxyl groups is 3. The Balaban J connectivity index is 0.000000102. The number of fused-ring (bicyclic) bond motifs is 6. The molecule has 20 atom stereocenters. The van der Waals surface area contributed by atoms with Crippen molar-refractivity contribution in [3.63, 3.8) is 0 Å². The van der Waals surface area contributed by atoms with Gasteiger partial charge in [-0.1, -0.05) is 148 Å². The van der Waals surface area contributed by atoms with Crippen LogP contribution in [0.3, 0.4) is 0 Å². The van der Waals surface area contributed by atoms with E-state index < -0.39 is 0 Å². The lowest BCUT2D eigenvalue weighted by Gasteiger charge is -2.62. The number of carbonyl (C=O) groups is 1. The average Bonchev–Trinajstić information content (AvgIpc) is 1.11. The largest absolute Gasteiger partial charge is 0.469 e. The van der Waals surface area contributed by atoms with Gasteiger partial charge < -0.3 is 20.1 Å². The van der Waals surface area contributed by atoms with Crippen LogP contribution in [0, 0.1) is 168 Å². The first-order chi connectivity index (χ1) is 49.1. The molecular formula is C98H154O5. The summed E-state index contributed by atoms with van der Waals surface area (Å²) in [4.78, 5) is 12.3. The van der Waals surface area contributed by atoms with Crippen LogP contribution in [0.2, 0.25) is 0 Å². The zero-order chi connectivity index (χ0) is 72.9. The molecule has 0 heterocycles. The molecule has 103 heavy (non-hydrogen) atoms. The van der Waals surface area contributed by atoms with Gasteiger partial charge in [0, 0.05) is 6.61 Å². The summed E-state index contributed by atoms with van der Waals surface area (Å²) in [5.74, 6) is 18.5. The molecule has 20 unspecified atom stereocenters. The first-order valence-electron chi connectivity index (χ1n) is 44.8. The van der Waals surface area contributed by atoms with Crippen molar-refractivity contribution in [2.45, 2.75) is 337 Å². The standard InChI is InChI=1S/C18H28.C17H26O2.2C14H22O.C13H20O.C12H20.C10H16/c1-12-3-5-15(6-4-12)18(2)16-8-13-7-14(10-16)11-17(18)9-13;1-4-5-6-16(2)13-7-12-8-14(16)11-17(9-12,10-13)15(18)19-3;1-13(11-5-3-2-4-6-11)10-14(15)8-7-12(13)9-14;1-3-14(2)11-5-9-4-10(7-11)12(8-15)13(14)6-9;1-3-12(2)10-4-9-5-11(12)8-13(14,6-9)7-10;1-3-4-7-12(2)9-10-5-6-11(12)8-10;1-3-10(2)7-8-4-5-9(10)6-8/h5,12-14,16-17H,3-4,6-11H2,1-2H3;5-6,12-14H,4,7-11H2,1-3H3;5,12,15H,2-4,6-10H2,1H3;3,9-13,15H,1,4-8H2,2H3;3,9-11,14H,1,4-8H2,2H3;4,7,10-11H,3,5-6,8-9H2,1-2H3;3,8-9H,1,4-7H2,2H3/b;6-5-;;;;7-4+;. The predicted molar refractivity (Wildman–Crippen MR) is 428 cm³/mol. The van der Waals surface area contributed by atoms with Gasteiger partial charge in [0.15, 0.2) is 0 Å². The van der Waals surface area contributed by atoms with Crippen LogP contribution in [0.4, 0.5) is 0 Å². The summed E-state index contributed by atoms with van der Waals surface area (Å²) in [7, 11) is 1.55. The molecule has 24 aliphatic rings. The lowest BCUT2D eigenvalue weighted by atomic mass is 9.41. The zero-order valence-electron chi connectivity index (χ0n) is 68.1. The molecule has 0 saturated heterocycles. The third-order valence-corrected chi connectivity index (χ3v) is 37.5. The minimum absolute atomic E-state index is 0.0634. The van der Waals surface area contributed by atoms with Crippen LogP contribution in [-0.2, 0) is 9.53 Å². The van der Waals surface area contributed by atoms with Gasteiger partial charge in [-0.15, -0.1) is 19.7 Å². The molecule has 5 heteroatoms. The van der Waals surface area contributed by atoms with E-state index >= 15 is 0 Å². The highest BCUT2D eigenvalue weighted by Gasteiger charge is 2.64. The Labute approximate surface area is 631 Å². The lowest BCUT2D eigenvalue weighted by molar-refractivity contribution is -0.180. The SMILES string of the molecule is C=CC1(C)C2CC3CC(C2)C(CO)C1C3.C=CC1(C)C2CC3CC1CC(O)(C3)C2.C=CC1(C)CC2CCC1C2.CC/C=C/C1(C)CC2CCC1C2.CC/C=C\C1(C)C2CC3CC1CC(C(=O)OC)(C3)C2.CC1(C2=CCCCC2)CC2(O)CCC1C2.CC1CC=C(C2(C)C3CC4CC(C3)CC2C4)CC1. The quantitative estimate of drug-likeness (QED) is 0.142. The Morgan fingerprint density at radius 1 is 0.495 bits per heavy atom. The summed E-state index contributed by atoms with van der Waals surface area (Å²) < 4.78 is 5.13. The van der Waals surface area contributed by atoms with Gasteiger partial charge >= 0.3 is 5.97 Å². The third-order valence-electron chi connectivity index (χ3n) is 37.5. The van der Waals surface area contributed by atoms with Crippen molar-refractivity contribution in [1.29, 1.82) is 0 Å². The van der Waals surface area contributed by atoms with Crippen LogP contribution in [0.15, 0.2) is 85.6 Å². The van der Waals surface area contributed by atoms with Crippen molar-refractivity contribution in [3.05, 3.63) is 85.6 Å². The van der Waals surface area contributed by atoms with Gasteiger partial charge in [-0.2, -0.15) is 0 Å². The minimum Gasteiger partial charge on any atom is -0.469 e. The van der Waals surface area contributed by atoms with Crippen molar-refractivity contribution in [3.8, 4) is 0 Å². The second-order valence-electron chi connectivity index (χ2n) is 43.3.